The molecule has 2 rings (SSSR count). The second-order valence-electron chi connectivity index (χ2n) is 3.85. The summed E-state index contributed by atoms with van der Waals surface area (Å²) in [6.07, 6.45) is -0.692. The van der Waals surface area contributed by atoms with E-state index in [-0.39, 0.29) is 29.7 Å². The maximum absolute atomic E-state index is 11.7. The van der Waals surface area contributed by atoms with Crippen molar-refractivity contribution in [2.45, 2.75) is 12.8 Å². The zero-order valence-electron chi connectivity index (χ0n) is 9.47. The summed E-state index contributed by atoms with van der Waals surface area (Å²) in [5, 5.41) is 4.46. The Kier molecular flexibility index (Phi) is 3.53. The summed E-state index contributed by atoms with van der Waals surface area (Å²) in [5.74, 6) is -2.04. The molecule has 0 radical (unpaired) electrons. The van der Waals surface area contributed by atoms with Gasteiger partial charge in [0.1, 0.15) is 19.5 Å². The quantitative estimate of drug-likeness (QED) is 0.462. The molecule has 2 saturated heterocycles. The highest BCUT2D eigenvalue weighted by Crippen LogP contribution is 2.09. The van der Waals surface area contributed by atoms with Gasteiger partial charge in [0.15, 0.2) is 10.2 Å². The standard InChI is InChI=1S/C9H8N4O4S2/c14-4-1-6(16)12(8(18)10-4)3-13-7(17)2-5(15)11-9(13)19/h1-3H2,(H,10,14,18)(H,11,15,19). The molecule has 2 aliphatic heterocycles. The molecule has 0 unspecified atom stereocenters. The smallest absolute Gasteiger partial charge is 0.239 e. The van der Waals surface area contributed by atoms with E-state index in [9.17, 15) is 19.2 Å². The van der Waals surface area contributed by atoms with Gasteiger partial charge in [-0.25, -0.2) is 0 Å². The van der Waals surface area contributed by atoms with E-state index in [0.29, 0.717) is 0 Å². The summed E-state index contributed by atoms with van der Waals surface area (Å²) in [6.45, 7) is -0.226. The van der Waals surface area contributed by atoms with Crippen LogP contribution in [0.15, 0.2) is 0 Å². The van der Waals surface area contributed by atoms with Crippen LogP contribution in [0, 0.1) is 0 Å². The normalized spacial score (nSPS) is 20.6. The Balaban J connectivity index is 2.12. The highest BCUT2D eigenvalue weighted by molar-refractivity contribution is 7.80. The van der Waals surface area contributed by atoms with E-state index in [4.69, 9.17) is 24.4 Å². The number of nitrogens with zero attached hydrogens (tertiary/aromatic N) is 2. The first kappa shape index (κ1) is 13.5. The van der Waals surface area contributed by atoms with Crippen LogP contribution in [0.5, 0.6) is 0 Å². The van der Waals surface area contributed by atoms with Crippen molar-refractivity contribution in [1.82, 2.24) is 20.4 Å². The van der Waals surface area contributed by atoms with Gasteiger partial charge in [-0.1, -0.05) is 0 Å². The molecule has 4 amide bonds. The minimum Gasteiger partial charge on any atom is -0.302 e. The number of carbonyl (C=O) groups excluding carboxylic acids is 4. The van der Waals surface area contributed by atoms with Crippen LogP contribution in [0.1, 0.15) is 12.8 Å². The number of hydrogen-bond acceptors (Lipinski definition) is 6. The maximum Gasteiger partial charge on any atom is 0.239 e. The van der Waals surface area contributed by atoms with Crippen LogP contribution >= 0.6 is 24.4 Å². The molecular formula is C9H8N4O4S2. The van der Waals surface area contributed by atoms with Gasteiger partial charge in [-0.05, 0) is 24.4 Å². The zero-order valence-corrected chi connectivity index (χ0v) is 11.1. The summed E-state index contributed by atoms with van der Waals surface area (Å²) in [5.41, 5.74) is 0. The second kappa shape index (κ2) is 4.97. The van der Waals surface area contributed by atoms with Gasteiger partial charge in [-0.15, -0.1) is 0 Å². The largest absolute Gasteiger partial charge is 0.302 e. The predicted octanol–water partition coefficient (Wildman–Crippen LogP) is -1.79. The van der Waals surface area contributed by atoms with Gasteiger partial charge in [0.2, 0.25) is 23.6 Å². The fourth-order valence-corrected chi connectivity index (χ4v) is 2.13. The zero-order chi connectivity index (χ0) is 14.2. The Morgan fingerprint density at radius 1 is 0.842 bits per heavy atom. The number of rotatable bonds is 2. The number of amides is 4. The Bertz CT molecular complexity index is 446. The molecule has 2 N–H and O–H groups in total. The third kappa shape index (κ3) is 2.74. The lowest BCUT2D eigenvalue weighted by atomic mass is 10.3. The first-order valence-corrected chi connectivity index (χ1v) is 5.98. The molecule has 100 valence electrons. The molecule has 0 aromatic carbocycles. The van der Waals surface area contributed by atoms with Crippen molar-refractivity contribution < 1.29 is 19.2 Å². The number of thiocarbonyl (C=S) groups is 2. The Morgan fingerprint density at radius 3 is 1.53 bits per heavy atom. The van der Waals surface area contributed by atoms with Crippen molar-refractivity contribution in [2.75, 3.05) is 6.67 Å². The molecule has 8 nitrogen and oxygen atoms in total. The molecule has 0 saturated carbocycles. The van der Waals surface area contributed by atoms with Gasteiger partial charge in [-0.2, -0.15) is 0 Å². The van der Waals surface area contributed by atoms with Crippen molar-refractivity contribution in [3.63, 3.8) is 0 Å². The van der Waals surface area contributed by atoms with E-state index in [2.05, 4.69) is 10.6 Å². The minimum atomic E-state index is -0.527. The molecule has 19 heavy (non-hydrogen) atoms. The SMILES string of the molecule is O=C1CC(=O)N(CN2C(=O)CC(=O)NC2=S)C(=S)N1. The summed E-state index contributed by atoms with van der Waals surface area (Å²) < 4.78 is 0. The van der Waals surface area contributed by atoms with E-state index in [1.54, 1.807) is 0 Å². The van der Waals surface area contributed by atoms with Crippen molar-refractivity contribution >= 4 is 58.3 Å². The monoisotopic (exact) mass is 300 g/mol. The highest BCUT2D eigenvalue weighted by atomic mass is 32.1. The molecule has 0 atom stereocenters. The fraction of sp³-hybridized carbons (Fsp3) is 0.333. The highest BCUT2D eigenvalue weighted by Gasteiger charge is 2.34. The molecule has 0 aliphatic carbocycles. The van der Waals surface area contributed by atoms with E-state index >= 15 is 0 Å². The molecule has 0 aromatic heterocycles. The van der Waals surface area contributed by atoms with E-state index in [1.807, 2.05) is 0 Å². The summed E-state index contributed by atoms with van der Waals surface area (Å²) >= 11 is 9.71. The van der Waals surface area contributed by atoms with E-state index in [0.717, 1.165) is 9.80 Å². The van der Waals surface area contributed by atoms with Gasteiger partial charge >= 0.3 is 0 Å². The molecular weight excluding hydrogens is 292 g/mol. The Hall–Kier alpha value is -1.94. The van der Waals surface area contributed by atoms with Crippen LogP contribution in [0.4, 0.5) is 0 Å². The molecule has 0 aromatic rings. The van der Waals surface area contributed by atoms with Crippen LogP contribution in [-0.4, -0.2) is 50.3 Å². The van der Waals surface area contributed by atoms with Crippen LogP contribution in [0.25, 0.3) is 0 Å². The first-order valence-electron chi connectivity index (χ1n) is 5.17. The van der Waals surface area contributed by atoms with Crippen molar-refractivity contribution in [3.05, 3.63) is 0 Å². The average molecular weight is 300 g/mol. The number of carbonyl (C=O) groups is 4. The molecule has 2 fully saturated rings. The summed E-state index contributed by atoms with van der Waals surface area (Å²) in [4.78, 5) is 47.6. The van der Waals surface area contributed by atoms with Crippen LogP contribution in [-0.2, 0) is 19.2 Å². The lowest BCUT2D eigenvalue weighted by Gasteiger charge is -2.34. The second-order valence-corrected chi connectivity index (χ2v) is 4.62. The van der Waals surface area contributed by atoms with Gasteiger partial charge in [-0.3, -0.25) is 29.0 Å². The van der Waals surface area contributed by atoms with E-state index < -0.39 is 23.6 Å². The van der Waals surface area contributed by atoms with Crippen molar-refractivity contribution in [1.29, 1.82) is 0 Å². The lowest BCUT2D eigenvalue weighted by molar-refractivity contribution is -0.138. The van der Waals surface area contributed by atoms with Gasteiger partial charge in [0.05, 0.1) is 0 Å². The number of hydrogen-bond donors (Lipinski definition) is 2. The summed E-state index contributed by atoms with van der Waals surface area (Å²) in [6, 6.07) is 0. The van der Waals surface area contributed by atoms with Gasteiger partial charge in [0.25, 0.3) is 0 Å². The predicted molar refractivity (Wildman–Crippen MR) is 69.3 cm³/mol. The lowest BCUT2D eigenvalue weighted by Crippen LogP contribution is -2.60. The molecule has 0 spiro atoms. The van der Waals surface area contributed by atoms with Crippen LogP contribution in [0.2, 0.25) is 0 Å². The van der Waals surface area contributed by atoms with E-state index in [1.165, 1.54) is 0 Å². The van der Waals surface area contributed by atoms with Gasteiger partial charge in [0, 0.05) is 0 Å². The van der Waals surface area contributed by atoms with Crippen LogP contribution < -0.4 is 10.6 Å². The minimum absolute atomic E-state index is 0.0891. The third-order valence-corrected chi connectivity index (χ3v) is 3.14. The third-order valence-electron chi connectivity index (χ3n) is 2.49. The molecule has 0 bridgehead atoms. The number of nitrogens with one attached hydrogen (secondary N) is 2. The topological polar surface area (TPSA) is 98.8 Å². The summed E-state index contributed by atoms with van der Waals surface area (Å²) in [7, 11) is 0. The Morgan fingerprint density at radius 2 is 1.21 bits per heavy atom. The fourth-order valence-electron chi connectivity index (χ4n) is 1.58. The molecule has 10 heteroatoms. The average Bonchev–Trinajstić information content (AvgIpc) is 2.25. The maximum atomic E-state index is 11.7. The first-order chi connectivity index (χ1) is 8.88. The molecule has 2 aliphatic rings. The van der Waals surface area contributed by atoms with Crippen LogP contribution in [0.3, 0.4) is 0 Å². The molecule has 2 heterocycles. The van der Waals surface area contributed by atoms with Crippen molar-refractivity contribution in [3.8, 4) is 0 Å². The Labute approximate surface area is 118 Å². The van der Waals surface area contributed by atoms with Gasteiger partial charge < -0.3 is 10.6 Å². The van der Waals surface area contributed by atoms with Crippen molar-refractivity contribution in [2.24, 2.45) is 0 Å².